The molecule has 1 atom stereocenters. The lowest BCUT2D eigenvalue weighted by Crippen LogP contribution is -3.18. The molecule has 148 valence electrons. The second-order valence-corrected chi connectivity index (χ2v) is 7.36. The molecule has 4 N–H and O–H groups in total. The van der Waals surface area contributed by atoms with Crippen molar-refractivity contribution in [2.75, 3.05) is 31.1 Å². The first-order chi connectivity index (χ1) is 14.1. The molecule has 0 aliphatic carbocycles. The number of fused-ring (bicyclic) bond motifs is 1. The van der Waals surface area contributed by atoms with Crippen molar-refractivity contribution in [2.24, 2.45) is 0 Å². The zero-order chi connectivity index (χ0) is 20.4. The Labute approximate surface area is 169 Å². The molecule has 0 unspecified atom stereocenters. The Balaban J connectivity index is 1.50. The van der Waals surface area contributed by atoms with E-state index in [1.807, 2.05) is 43.3 Å². The number of aromatic hydroxyl groups is 1. The van der Waals surface area contributed by atoms with E-state index >= 15 is 0 Å². The summed E-state index contributed by atoms with van der Waals surface area (Å²) < 4.78 is 0. The number of H-pyrrole nitrogens is 1. The van der Waals surface area contributed by atoms with Crippen LogP contribution in [0.2, 0.25) is 0 Å². The molecule has 1 aliphatic heterocycles. The lowest BCUT2D eigenvalue weighted by Gasteiger charge is -2.36. The molecule has 3 aromatic rings. The summed E-state index contributed by atoms with van der Waals surface area (Å²) in [6.07, 6.45) is 0. The second-order valence-electron chi connectivity index (χ2n) is 7.36. The Kier molecular flexibility index (Phi) is 5.10. The second kappa shape index (κ2) is 7.86. The monoisotopic (exact) mass is 390 g/mol. The third-order valence-corrected chi connectivity index (χ3v) is 5.64. The van der Waals surface area contributed by atoms with Gasteiger partial charge in [-0.2, -0.15) is 5.26 Å². The summed E-state index contributed by atoms with van der Waals surface area (Å²) in [5.41, 5.74) is 2.88. The van der Waals surface area contributed by atoms with E-state index in [1.165, 1.54) is 4.90 Å². The van der Waals surface area contributed by atoms with Gasteiger partial charge in [-0.3, -0.25) is 0 Å². The van der Waals surface area contributed by atoms with Crippen LogP contribution in [0.1, 0.15) is 12.7 Å². The van der Waals surface area contributed by atoms with Crippen LogP contribution in [0.3, 0.4) is 0 Å². The number of aromatic amines is 1. The van der Waals surface area contributed by atoms with Crippen molar-refractivity contribution < 1.29 is 15.1 Å². The third kappa shape index (κ3) is 3.75. The van der Waals surface area contributed by atoms with Gasteiger partial charge in [-0.1, -0.05) is 12.1 Å². The number of quaternary nitrogens is 1. The molecule has 1 aliphatic rings. The smallest absolute Gasteiger partial charge is 0.172 e. The van der Waals surface area contributed by atoms with E-state index < -0.39 is 0 Å². The Morgan fingerprint density at radius 1 is 1.17 bits per heavy atom. The number of aliphatic hydroxyl groups is 1. The largest absolute Gasteiger partial charge is 0.508 e. The van der Waals surface area contributed by atoms with Crippen LogP contribution in [0.25, 0.3) is 16.6 Å². The fourth-order valence-corrected chi connectivity index (χ4v) is 3.86. The number of benzene rings is 2. The molecule has 1 saturated heterocycles. The van der Waals surface area contributed by atoms with Crippen molar-refractivity contribution in [3.8, 4) is 11.8 Å². The van der Waals surface area contributed by atoms with Crippen molar-refractivity contribution in [3.05, 3.63) is 60.1 Å². The maximum atomic E-state index is 10.9. The SMILES string of the molecule is C[C@H](/C(O)=C(\C#N)c1nc2ccccc2[nH]1)[NH+]1CCN(c2ccc(O)cc2)CC1. The van der Waals surface area contributed by atoms with Gasteiger partial charge in [0.25, 0.3) is 0 Å². The molecule has 7 nitrogen and oxygen atoms in total. The summed E-state index contributed by atoms with van der Waals surface area (Å²) in [6.45, 7) is 5.30. The lowest BCUT2D eigenvalue weighted by molar-refractivity contribution is -0.919. The molecule has 2 aromatic carbocycles. The van der Waals surface area contributed by atoms with Gasteiger partial charge >= 0.3 is 0 Å². The van der Waals surface area contributed by atoms with Crippen LogP contribution in [0.15, 0.2) is 54.3 Å². The number of imidazole rings is 1. The number of para-hydroxylation sites is 2. The average Bonchev–Trinajstić information content (AvgIpc) is 3.18. The molecule has 0 spiro atoms. The van der Waals surface area contributed by atoms with Crippen LogP contribution in [0.4, 0.5) is 5.69 Å². The summed E-state index contributed by atoms with van der Waals surface area (Å²) in [5.74, 6) is 0.733. The molecule has 1 aromatic heterocycles. The molecular weight excluding hydrogens is 366 g/mol. The number of nitrogens with zero attached hydrogens (tertiary/aromatic N) is 3. The minimum atomic E-state index is -0.208. The highest BCUT2D eigenvalue weighted by Gasteiger charge is 2.29. The van der Waals surface area contributed by atoms with E-state index in [0.717, 1.165) is 42.9 Å². The number of nitrogens with one attached hydrogen (secondary N) is 2. The minimum Gasteiger partial charge on any atom is -0.508 e. The number of phenolic OH excluding ortho intramolecular Hbond substituents is 1. The summed E-state index contributed by atoms with van der Waals surface area (Å²) in [6, 6.07) is 16.7. The van der Waals surface area contributed by atoms with E-state index in [9.17, 15) is 15.5 Å². The van der Waals surface area contributed by atoms with Crippen LogP contribution in [-0.4, -0.2) is 52.4 Å². The van der Waals surface area contributed by atoms with E-state index in [0.29, 0.717) is 5.82 Å². The number of piperazine rings is 1. The van der Waals surface area contributed by atoms with Crippen LogP contribution in [0, 0.1) is 11.3 Å². The molecule has 0 radical (unpaired) electrons. The van der Waals surface area contributed by atoms with Crippen molar-refractivity contribution in [1.29, 1.82) is 5.26 Å². The van der Waals surface area contributed by atoms with Crippen molar-refractivity contribution >= 4 is 22.3 Å². The first-order valence-electron chi connectivity index (χ1n) is 9.73. The van der Waals surface area contributed by atoms with Gasteiger partial charge in [-0.05, 0) is 43.3 Å². The van der Waals surface area contributed by atoms with Gasteiger partial charge in [0.05, 0.1) is 37.2 Å². The van der Waals surface area contributed by atoms with E-state index in [2.05, 4.69) is 20.9 Å². The molecule has 1 fully saturated rings. The normalized spacial score (nSPS) is 17.0. The Hall–Kier alpha value is -3.50. The highest BCUT2D eigenvalue weighted by atomic mass is 16.3. The highest BCUT2D eigenvalue weighted by molar-refractivity contribution is 5.82. The number of hydrogen-bond acceptors (Lipinski definition) is 5. The Morgan fingerprint density at radius 2 is 1.86 bits per heavy atom. The van der Waals surface area contributed by atoms with Crippen LogP contribution in [-0.2, 0) is 0 Å². The Bertz CT molecular complexity index is 1040. The fourth-order valence-electron chi connectivity index (χ4n) is 3.86. The number of nitriles is 1. The van der Waals surface area contributed by atoms with Crippen LogP contribution < -0.4 is 9.80 Å². The molecule has 0 saturated carbocycles. The quantitative estimate of drug-likeness (QED) is 0.402. The molecule has 4 rings (SSSR count). The zero-order valence-corrected chi connectivity index (χ0v) is 16.3. The average molecular weight is 390 g/mol. The predicted molar refractivity (Wildman–Crippen MR) is 112 cm³/mol. The van der Waals surface area contributed by atoms with Gasteiger partial charge in [0.1, 0.15) is 23.4 Å². The van der Waals surface area contributed by atoms with Gasteiger partial charge in [0.15, 0.2) is 11.6 Å². The van der Waals surface area contributed by atoms with Gasteiger partial charge in [0, 0.05) is 5.69 Å². The molecule has 2 heterocycles. The highest BCUT2D eigenvalue weighted by Crippen LogP contribution is 2.20. The van der Waals surface area contributed by atoms with Crippen LogP contribution >= 0.6 is 0 Å². The molecule has 0 bridgehead atoms. The molecule has 29 heavy (non-hydrogen) atoms. The van der Waals surface area contributed by atoms with Gasteiger partial charge in [-0.25, -0.2) is 4.98 Å². The van der Waals surface area contributed by atoms with Gasteiger partial charge in [-0.15, -0.1) is 0 Å². The third-order valence-electron chi connectivity index (χ3n) is 5.64. The number of rotatable bonds is 4. The maximum Gasteiger partial charge on any atom is 0.172 e. The summed E-state index contributed by atoms with van der Waals surface area (Å²) in [5, 5.41) is 30.0. The number of aromatic nitrogens is 2. The van der Waals surface area contributed by atoms with E-state index in [-0.39, 0.29) is 23.1 Å². The number of aliphatic hydroxyl groups excluding tert-OH is 1. The predicted octanol–water partition coefficient (Wildman–Crippen LogP) is 1.85. The van der Waals surface area contributed by atoms with Crippen molar-refractivity contribution in [1.82, 2.24) is 9.97 Å². The minimum absolute atomic E-state index is 0.0691. The summed E-state index contributed by atoms with van der Waals surface area (Å²) in [7, 11) is 0. The van der Waals surface area contributed by atoms with Crippen molar-refractivity contribution in [3.63, 3.8) is 0 Å². The molecule has 0 amide bonds. The number of hydrogen-bond donors (Lipinski definition) is 4. The maximum absolute atomic E-state index is 10.9. The van der Waals surface area contributed by atoms with Crippen LogP contribution in [0.5, 0.6) is 5.75 Å². The van der Waals surface area contributed by atoms with Crippen molar-refractivity contribution in [2.45, 2.75) is 13.0 Å². The lowest BCUT2D eigenvalue weighted by atomic mass is 10.1. The molecular formula is C22H24N5O2+. The Morgan fingerprint density at radius 3 is 2.52 bits per heavy atom. The topological polar surface area (TPSA) is 101 Å². The first-order valence-corrected chi connectivity index (χ1v) is 9.73. The van der Waals surface area contributed by atoms with Gasteiger partial charge < -0.3 is 25.0 Å². The molecule has 7 heteroatoms. The van der Waals surface area contributed by atoms with Gasteiger partial charge in [0.2, 0.25) is 0 Å². The first kappa shape index (κ1) is 18.8. The number of allylic oxidation sites excluding steroid dienone is 1. The fraction of sp³-hybridized carbons (Fsp3) is 0.273. The zero-order valence-electron chi connectivity index (χ0n) is 16.3. The summed E-state index contributed by atoms with van der Waals surface area (Å²) >= 11 is 0. The van der Waals surface area contributed by atoms with E-state index in [1.54, 1.807) is 12.1 Å². The standard InChI is InChI=1S/C22H23N5O2/c1-15(26-10-12-27(13-11-26)16-6-8-17(28)9-7-16)21(29)18(14-23)22-24-19-4-2-3-5-20(19)25-22/h2-9,15,28-29H,10-13H2,1H3,(H,24,25)/p+1/b21-18-/t15-/m1/s1. The summed E-state index contributed by atoms with van der Waals surface area (Å²) in [4.78, 5) is 11.1. The number of phenols is 1. The van der Waals surface area contributed by atoms with E-state index in [4.69, 9.17) is 0 Å². The number of anilines is 1.